The number of amides is 2. The van der Waals surface area contributed by atoms with Crippen molar-refractivity contribution in [2.24, 2.45) is 17.6 Å². The van der Waals surface area contributed by atoms with Crippen LogP contribution in [-0.2, 0) is 4.79 Å². The zero-order valence-corrected chi connectivity index (χ0v) is 15.9. The molecule has 2 amide bonds. The van der Waals surface area contributed by atoms with Crippen molar-refractivity contribution in [3.05, 3.63) is 29.8 Å². The van der Waals surface area contributed by atoms with Gasteiger partial charge in [0.1, 0.15) is 5.75 Å². The standard InChI is InChI=1S/C20H29N3O3/c1-22(2)16-7-14-9-17(10-15(14)8-16)23(3)20(25)13-5-4-6-18(11-13)26-12-19(21)24/h4-6,11,14-17H,7-10,12H2,1-3H3,(H2,21,24)/t14-,15+,16?,17?. The number of ether oxygens (including phenoxy) is 1. The van der Waals surface area contributed by atoms with Gasteiger partial charge in [-0.1, -0.05) is 6.07 Å². The minimum Gasteiger partial charge on any atom is -0.484 e. The predicted octanol–water partition coefficient (Wildman–Crippen LogP) is 1.74. The van der Waals surface area contributed by atoms with Gasteiger partial charge in [0, 0.05) is 24.7 Å². The molecule has 0 spiro atoms. The molecule has 0 heterocycles. The van der Waals surface area contributed by atoms with Crippen molar-refractivity contribution in [3.8, 4) is 5.75 Å². The first-order valence-electron chi connectivity index (χ1n) is 9.30. The highest BCUT2D eigenvalue weighted by Gasteiger charge is 2.44. The van der Waals surface area contributed by atoms with Crippen LogP contribution in [0.2, 0.25) is 0 Å². The SMILES string of the molecule is CN(C)C1C[C@@H]2CC(N(C)C(=O)c3cccc(OCC(N)=O)c3)C[C@@H]2C1. The second kappa shape index (κ2) is 7.66. The van der Waals surface area contributed by atoms with E-state index in [1.807, 2.05) is 11.9 Å². The Bertz CT molecular complexity index is 662. The van der Waals surface area contributed by atoms with E-state index < -0.39 is 5.91 Å². The Kier molecular flexibility index (Phi) is 5.51. The number of benzene rings is 1. The number of nitrogens with zero attached hydrogens (tertiary/aromatic N) is 2. The van der Waals surface area contributed by atoms with E-state index in [1.165, 1.54) is 12.8 Å². The van der Waals surface area contributed by atoms with E-state index in [2.05, 4.69) is 19.0 Å². The lowest BCUT2D eigenvalue weighted by molar-refractivity contribution is -0.119. The molecule has 0 radical (unpaired) electrons. The molecule has 2 aliphatic carbocycles. The molecule has 0 aromatic heterocycles. The summed E-state index contributed by atoms with van der Waals surface area (Å²) >= 11 is 0. The lowest BCUT2D eigenvalue weighted by Gasteiger charge is -2.27. The van der Waals surface area contributed by atoms with Crippen LogP contribution < -0.4 is 10.5 Å². The number of nitrogens with two attached hydrogens (primary N) is 1. The van der Waals surface area contributed by atoms with Gasteiger partial charge in [-0.3, -0.25) is 9.59 Å². The van der Waals surface area contributed by atoms with Gasteiger partial charge in [0.15, 0.2) is 6.61 Å². The molecule has 3 rings (SSSR count). The van der Waals surface area contributed by atoms with Gasteiger partial charge in [-0.15, -0.1) is 0 Å². The topological polar surface area (TPSA) is 75.9 Å². The lowest BCUT2D eigenvalue weighted by atomic mass is 10.0. The van der Waals surface area contributed by atoms with Crippen LogP contribution in [0.1, 0.15) is 36.0 Å². The third-order valence-electron chi connectivity index (χ3n) is 6.03. The molecule has 2 N–H and O–H groups in total. The third kappa shape index (κ3) is 4.01. The van der Waals surface area contributed by atoms with Crippen LogP contribution in [0.4, 0.5) is 0 Å². The second-order valence-electron chi connectivity index (χ2n) is 7.93. The fraction of sp³-hybridized carbons (Fsp3) is 0.600. The quantitative estimate of drug-likeness (QED) is 0.839. The Morgan fingerprint density at radius 3 is 2.27 bits per heavy atom. The zero-order valence-electron chi connectivity index (χ0n) is 15.9. The summed E-state index contributed by atoms with van der Waals surface area (Å²) in [6, 6.07) is 7.94. The van der Waals surface area contributed by atoms with Crippen LogP contribution in [0.5, 0.6) is 5.75 Å². The summed E-state index contributed by atoms with van der Waals surface area (Å²) in [5.74, 6) is 1.41. The van der Waals surface area contributed by atoms with Crippen molar-refractivity contribution in [2.45, 2.75) is 37.8 Å². The van der Waals surface area contributed by atoms with Crippen molar-refractivity contribution in [2.75, 3.05) is 27.7 Å². The molecule has 2 fully saturated rings. The molecule has 6 heteroatoms. The molecular formula is C20H29N3O3. The van der Waals surface area contributed by atoms with Crippen molar-refractivity contribution >= 4 is 11.8 Å². The number of hydrogen-bond donors (Lipinski definition) is 1. The van der Waals surface area contributed by atoms with Gasteiger partial charge in [0.05, 0.1) is 0 Å². The first kappa shape index (κ1) is 18.7. The van der Waals surface area contributed by atoms with Crippen LogP contribution in [0.3, 0.4) is 0 Å². The molecule has 2 unspecified atom stereocenters. The number of fused-ring (bicyclic) bond motifs is 1. The summed E-state index contributed by atoms with van der Waals surface area (Å²) in [6.07, 6.45) is 4.67. The maximum absolute atomic E-state index is 12.9. The maximum Gasteiger partial charge on any atom is 0.255 e. The van der Waals surface area contributed by atoms with Crippen molar-refractivity contribution in [1.29, 1.82) is 0 Å². The highest BCUT2D eigenvalue weighted by Crippen LogP contribution is 2.46. The molecule has 0 bridgehead atoms. The Labute approximate surface area is 155 Å². The van der Waals surface area contributed by atoms with Gasteiger partial charge in [-0.05, 0) is 69.8 Å². The van der Waals surface area contributed by atoms with Crippen molar-refractivity contribution in [3.63, 3.8) is 0 Å². The monoisotopic (exact) mass is 359 g/mol. The van der Waals surface area contributed by atoms with Crippen LogP contribution >= 0.6 is 0 Å². The van der Waals surface area contributed by atoms with Gasteiger partial charge in [-0.2, -0.15) is 0 Å². The molecule has 2 saturated carbocycles. The van der Waals surface area contributed by atoms with Crippen molar-refractivity contribution in [1.82, 2.24) is 9.80 Å². The second-order valence-corrected chi connectivity index (χ2v) is 7.93. The maximum atomic E-state index is 12.9. The molecule has 142 valence electrons. The number of carbonyl (C=O) groups excluding carboxylic acids is 2. The van der Waals surface area contributed by atoms with Crippen LogP contribution in [0.25, 0.3) is 0 Å². The first-order chi connectivity index (χ1) is 12.3. The summed E-state index contributed by atoms with van der Waals surface area (Å²) in [5.41, 5.74) is 5.68. The summed E-state index contributed by atoms with van der Waals surface area (Å²) < 4.78 is 5.31. The highest BCUT2D eigenvalue weighted by molar-refractivity contribution is 5.94. The summed E-state index contributed by atoms with van der Waals surface area (Å²) in [6.45, 7) is -0.188. The third-order valence-corrected chi connectivity index (χ3v) is 6.03. The lowest BCUT2D eigenvalue weighted by Crippen LogP contribution is -2.36. The Morgan fingerprint density at radius 1 is 1.08 bits per heavy atom. The zero-order chi connectivity index (χ0) is 18.8. The highest BCUT2D eigenvalue weighted by atomic mass is 16.5. The number of primary amides is 1. The normalized spacial score (nSPS) is 27.4. The van der Waals surface area contributed by atoms with Crippen LogP contribution in [0.15, 0.2) is 24.3 Å². The fourth-order valence-electron chi connectivity index (χ4n) is 4.53. The van der Waals surface area contributed by atoms with E-state index in [0.717, 1.165) is 24.7 Å². The van der Waals surface area contributed by atoms with E-state index in [-0.39, 0.29) is 12.5 Å². The van der Waals surface area contributed by atoms with Gasteiger partial charge in [-0.25, -0.2) is 0 Å². The van der Waals surface area contributed by atoms with Crippen LogP contribution in [-0.4, -0.2) is 61.4 Å². The minimum absolute atomic E-state index is 0.00339. The van der Waals surface area contributed by atoms with E-state index in [9.17, 15) is 9.59 Å². The van der Waals surface area contributed by atoms with Gasteiger partial charge in [0.2, 0.25) is 0 Å². The molecule has 26 heavy (non-hydrogen) atoms. The number of carbonyl (C=O) groups is 2. The molecule has 1 aromatic rings. The van der Waals surface area contributed by atoms with Gasteiger partial charge < -0.3 is 20.3 Å². The summed E-state index contributed by atoms with van der Waals surface area (Å²) in [5, 5.41) is 0. The molecule has 2 aliphatic rings. The number of hydrogen-bond acceptors (Lipinski definition) is 4. The number of rotatable bonds is 6. The average molecular weight is 359 g/mol. The Morgan fingerprint density at radius 2 is 1.69 bits per heavy atom. The van der Waals surface area contributed by atoms with Crippen molar-refractivity contribution < 1.29 is 14.3 Å². The van der Waals surface area contributed by atoms with E-state index >= 15 is 0 Å². The molecule has 0 saturated heterocycles. The molecular weight excluding hydrogens is 330 g/mol. The van der Waals surface area contributed by atoms with E-state index in [1.54, 1.807) is 24.3 Å². The Hall–Kier alpha value is -2.08. The first-order valence-corrected chi connectivity index (χ1v) is 9.30. The molecule has 0 aliphatic heterocycles. The largest absolute Gasteiger partial charge is 0.484 e. The van der Waals surface area contributed by atoms with Gasteiger partial charge in [0.25, 0.3) is 11.8 Å². The smallest absolute Gasteiger partial charge is 0.255 e. The van der Waals surface area contributed by atoms with Gasteiger partial charge >= 0.3 is 0 Å². The minimum atomic E-state index is -0.535. The summed E-state index contributed by atoms with van der Waals surface area (Å²) in [7, 11) is 6.21. The van der Waals surface area contributed by atoms with E-state index in [4.69, 9.17) is 10.5 Å². The molecule has 6 nitrogen and oxygen atoms in total. The Balaban J connectivity index is 1.61. The van der Waals surface area contributed by atoms with Crippen LogP contribution in [0, 0.1) is 11.8 Å². The fourth-order valence-corrected chi connectivity index (χ4v) is 4.53. The summed E-state index contributed by atoms with van der Waals surface area (Å²) in [4.78, 5) is 28.0. The molecule has 1 aromatic carbocycles. The van der Waals surface area contributed by atoms with E-state index in [0.29, 0.717) is 23.4 Å². The average Bonchev–Trinajstić information content (AvgIpc) is 3.18. The predicted molar refractivity (Wildman–Crippen MR) is 99.9 cm³/mol. The molecule has 4 atom stereocenters.